The maximum atomic E-state index is 13.4. The number of halogens is 3. The van der Waals surface area contributed by atoms with E-state index in [9.17, 15) is 18.4 Å². The van der Waals surface area contributed by atoms with Crippen LogP contribution in [0.15, 0.2) is 59.6 Å². The monoisotopic (exact) mass is 613 g/mol. The first kappa shape index (κ1) is 28.3. The first-order chi connectivity index (χ1) is 19.2. The van der Waals surface area contributed by atoms with Gasteiger partial charge in [-0.3, -0.25) is 19.5 Å². The van der Waals surface area contributed by atoms with Crippen LogP contribution in [0, 0.1) is 0 Å². The molecule has 3 aromatic carbocycles. The fourth-order valence-corrected chi connectivity index (χ4v) is 6.01. The Labute approximate surface area is 239 Å². The lowest BCUT2D eigenvalue weighted by atomic mass is 9.77. The number of carbonyl (C=O) groups excluding carboxylic acids is 2. The smallest absolute Gasteiger partial charge is 0.315 e. The standard InChI is InChI=1S/C30H30BrF2N3O4/c1-29(2)23-9-5-6-10-24(23)36(12-14-39-13-11-31)30(29)19-34-27-22-8-4-3-7-20(22)15-21(28(27)40-30)16-35(17-25(32)37)18-26(33)38/h3-10,15,19H,11-14,16-18H2,1-2H3. The number of para-hydroxylation sites is 1. The lowest BCUT2D eigenvalue weighted by Gasteiger charge is -2.47. The average molecular weight is 614 g/mol. The summed E-state index contributed by atoms with van der Waals surface area (Å²) in [5.41, 5.74) is 1.62. The highest BCUT2D eigenvalue weighted by molar-refractivity contribution is 9.09. The second-order valence-electron chi connectivity index (χ2n) is 10.4. The summed E-state index contributed by atoms with van der Waals surface area (Å²) in [6.45, 7) is 4.20. The van der Waals surface area contributed by atoms with Crippen LogP contribution in [-0.2, 0) is 26.3 Å². The van der Waals surface area contributed by atoms with Crippen molar-refractivity contribution < 1.29 is 27.8 Å². The maximum absolute atomic E-state index is 13.4. The maximum Gasteiger partial charge on any atom is 0.315 e. The van der Waals surface area contributed by atoms with E-state index in [2.05, 4.69) is 40.7 Å². The average Bonchev–Trinajstić information content (AvgIpc) is 3.09. The van der Waals surface area contributed by atoms with E-state index in [1.54, 1.807) is 0 Å². The number of anilines is 1. The molecule has 40 heavy (non-hydrogen) atoms. The number of ether oxygens (including phenoxy) is 2. The molecule has 2 heterocycles. The van der Waals surface area contributed by atoms with E-state index in [1.165, 1.54) is 0 Å². The molecule has 1 spiro atoms. The minimum absolute atomic E-state index is 0.0914. The van der Waals surface area contributed by atoms with Gasteiger partial charge in [0.25, 0.3) is 0 Å². The molecule has 2 aliphatic heterocycles. The summed E-state index contributed by atoms with van der Waals surface area (Å²) < 4.78 is 39.7. The van der Waals surface area contributed by atoms with E-state index < -0.39 is 36.3 Å². The lowest BCUT2D eigenvalue weighted by molar-refractivity contribution is -0.133. The number of rotatable bonds is 11. The van der Waals surface area contributed by atoms with Crippen molar-refractivity contribution in [2.45, 2.75) is 31.5 Å². The van der Waals surface area contributed by atoms with Crippen LogP contribution in [0.4, 0.5) is 20.2 Å². The molecule has 0 amide bonds. The van der Waals surface area contributed by atoms with Crippen LogP contribution in [0.3, 0.4) is 0 Å². The van der Waals surface area contributed by atoms with E-state index >= 15 is 0 Å². The third kappa shape index (κ3) is 5.04. The quantitative estimate of drug-likeness (QED) is 0.158. The number of hydrogen-bond acceptors (Lipinski definition) is 7. The zero-order valence-corrected chi connectivity index (χ0v) is 23.9. The van der Waals surface area contributed by atoms with Gasteiger partial charge in [-0.1, -0.05) is 58.4 Å². The first-order valence-electron chi connectivity index (χ1n) is 13.1. The van der Waals surface area contributed by atoms with E-state index in [-0.39, 0.29) is 6.54 Å². The van der Waals surface area contributed by atoms with Crippen LogP contribution in [0.25, 0.3) is 10.8 Å². The van der Waals surface area contributed by atoms with Gasteiger partial charge < -0.3 is 14.4 Å². The minimum Gasteiger partial charge on any atom is -0.459 e. The van der Waals surface area contributed by atoms with Gasteiger partial charge in [0.05, 0.1) is 37.9 Å². The Kier molecular flexibility index (Phi) is 8.03. The molecule has 0 aromatic heterocycles. The summed E-state index contributed by atoms with van der Waals surface area (Å²) in [6.07, 6.45) is 1.84. The number of aliphatic imine (C=N–C) groups is 1. The summed E-state index contributed by atoms with van der Waals surface area (Å²) in [4.78, 5) is 30.9. The Morgan fingerprint density at radius 1 is 1.05 bits per heavy atom. The van der Waals surface area contributed by atoms with Gasteiger partial charge in [-0.05, 0) is 36.9 Å². The highest BCUT2D eigenvalue weighted by Gasteiger charge is 2.59. The lowest BCUT2D eigenvalue weighted by Crippen LogP contribution is -2.63. The molecule has 1 atom stereocenters. The molecule has 1 unspecified atom stereocenters. The van der Waals surface area contributed by atoms with E-state index in [0.29, 0.717) is 36.8 Å². The van der Waals surface area contributed by atoms with E-state index in [0.717, 1.165) is 32.3 Å². The molecule has 5 rings (SSSR count). The van der Waals surface area contributed by atoms with Crippen molar-refractivity contribution in [1.82, 2.24) is 4.90 Å². The molecule has 10 heteroatoms. The van der Waals surface area contributed by atoms with Crippen LogP contribution in [0.1, 0.15) is 25.0 Å². The van der Waals surface area contributed by atoms with Crippen molar-refractivity contribution in [3.05, 3.63) is 65.7 Å². The highest BCUT2D eigenvalue weighted by atomic mass is 79.9. The highest BCUT2D eigenvalue weighted by Crippen LogP contribution is 2.55. The molecule has 7 nitrogen and oxygen atoms in total. The largest absolute Gasteiger partial charge is 0.459 e. The zero-order chi connectivity index (χ0) is 28.5. The van der Waals surface area contributed by atoms with Crippen molar-refractivity contribution in [3.63, 3.8) is 0 Å². The van der Waals surface area contributed by atoms with Gasteiger partial charge in [0.1, 0.15) is 5.69 Å². The van der Waals surface area contributed by atoms with E-state index in [1.807, 2.05) is 54.7 Å². The van der Waals surface area contributed by atoms with Crippen molar-refractivity contribution in [1.29, 1.82) is 0 Å². The van der Waals surface area contributed by atoms with Crippen molar-refractivity contribution in [2.24, 2.45) is 4.99 Å². The van der Waals surface area contributed by atoms with Gasteiger partial charge in [0.15, 0.2) is 5.75 Å². The topological polar surface area (TPSA) is 71.4 Å². The summed E-state index contributed by atoms with van der Waals surface area (Å²) in [5.74, 6) is 0.441. The van der Waals surface area contributed by atoms with Crippen molar-refractivity contribution >= 4 is 56.4 Å². The normalized spacial score (nSPS) is 18.7. The molecule has 0 fully saturated rings. The molecule has 210 valence electrons. The Morgan fingerprint density at radius 2 is 1.75 bits per heavy atom. The van der Waals surface area contributed by atoms with Crippen LogP contribution >= 0.6 is 15.9 Å². The summed E-state index contributed by atoms with van der Waals surface area (Å²) in [7, 11) is 0. The molecule has 0 aliphatic carbocycles. The van der Waals surface area contributed by atoms with Crippen molar-refractivity contribution in [3.8, 4) is 5.75 Å². The van der Waals surface area contributed by atoms with Crippen molar-refractivity contribution in [2.75, 3.05) is 43.1 Å². The number of nitrogens with zero attached hydrogens (tertiary/aromatic N) is 3. The minimum atomic E-state index is -1.66. The molecule has 2 aliphatic rings. The Bertz CT molecular complexity index is 1460. The number of hydrogen-bond donors (Lipinski definition) is 0. The Balaban J connectivity index is 1.64. The molecule has 0 saturated heterocycles. The van der Waals surface area contributed by atoms with Gasteiger partial charge in [-0.25, -0.2) is 0 Å². The van der Waals surface area contributed by atoms with Gasteiger partial charge in [0.2, 0.25) is 5.72 Å². The number of alkyl halides is 1. The fraction of sp³-hybridized carbons (Fsp3) is 0.367. The number of fused-ring (bicyclic) bond motifs is 4. The molecule has 0 bridgehead atoms. The number of benzene rings is 3. The van der Waals surface area contributed by atoms with Crippen LogP contribution < -0.4 is 9.64 Å². The summed E-state index contributed by atoms with van der Waals surface area (Å²) in [5, 5.41) is 2.42. The molecule has 0 N–H and O–H groups in total. The first-order valence-corrected chi connectivity index (χ1v) is 14.2. The van der Waals surface area contributed by atoms with Gasteiger partial charge >= 0.3 is 12.1 Å². The third-order valence-electron chi connectivity index (χ3n) is 7.61. The van der Waals surface area contributed by atoms with Crippen LogP contribution in [-0.4, -0.2) is 67.1 Å². The van der Waals surface area contributed by atoms with Crippen LogP contribution in [0.5, 0.6) is 5.75 Å². The van der Waals surface area contributed by atoms with Gasteiger partial charge in [0, 0.05) is 35.1 Å². The Morgan fingerprint density at radius 3 is 2.48 bits per heavy atom. The van der Waals surface area contributed by atoms with E-state index in [4.69, 9.17) is 14.5 Å². The predicted octanol–water partition coefficient (Wildman–Crippen LogP) is 5.63. The predicted molar refractivity (Wildman–Crippen MR) is 154 cm³/mol. The zero-order valence-electron chi connectivity index (χ0n) is 22.3. The second kappa shape index (κ2) is 11.3. The molecular weight excluding hydrogens is 584 g/mol. The molecule has 0 radical (unpaired) electrons. The second-order valence-corrected chi connectivity index (χ2v) is 11.2. The summed E-state index contributed by atoms with van der Waals surface area (Å²) >= 11 is 3.39. The fourth-order valence-electron chi connectivity index (χ4n) is 5.78. The van der Waals surface area contributed by atoms with Gasteiger partial charge in [-0.2, -0.15) is 8.78 Å². The molecule has 0 saturated carbocycles. The third-order valence-corrected chi connectivity index (χ3v) is 7.94. The number of carbonyl (C=O) groups is 2. The van der Waals surface area contributed by atoms with Gasteiger partial charge in [-0.15, -0.1) is 0 Å². The molecule has 3 aromatic rings. The SMILES string of the molecule is CC1(C)c2ccccc2N(CCOCCBr)C12C=Nc1c(c(CN(CC(=O)F)CC(=O)F)cc3ccccc13)O2. The molecular formula is C30H30BrF2N3O4. The summed E-state index contributed by atoms with van der Waals surface area (Å²) in [6, 6.07) is 14.3. The Hall–Kier alpha value is -3.21. The van der Waals surface area contributed by atoms with Crippen LogP contribution in [0.2, 0.25) is 0 Å².